The maximum Gasteiger partial charge on any atom is 0.246 e. The molecular formula is C13H25N3O4S. The van der Waals surface area contributed by atoms with Crippen LogP contribution in [0.5, 0.6) is 0 Å². The van der Waals surface area contributed by atoms with Crippen molar-refractivity contribution in [3.05, 3.63) is 0 Å². The SMILES string of the molecule is CCCOCC(=O)NC(CCCCNC(=O)CS)C(N)=O. The number of thiol groups is 1. The van der Waals surface area contributed by atoms with Gasteiger partial charge in [-0.15, -0.1) is 0 Å². The summed E-state index contributed by atoms with van der Waals surface area (Å²) in [6.07, 6.45) is 2.62. The highest BCUT2D eigenvalue weighted by Crippen LogP contribution is 2.00. The summed E-state index contributed by atoms with van der Waals surface area (Å²) in [6, 6.07) is -0.705. The number of ether oxygens (including phenoxy) is 1. The molecule has 3 amide bonds. The molecule has 0 saturated carbocycles. The van der Waals surface area contributed by atoms with E-state index in [9.17, 15) is 14.4 Å². The summed E-state index contributed by atoms with van der Waals surface area (Å²) >= 11 is 3.84. The Balaban J connectivity index is 3.89. The van der Waals surface area contributed by atoms with Crippen LogP contribution in [0.2, 0.25) is 0 Å². The lowest BCUT2D eigenvalue weighted by Crippen LogP contribution is -2.45. The monoisotopic (exact) mass is 319 g/mol. The number of hydrogen-bond donors (Lipinski definition) is 4. The molecule has 4 N–H and O–H groups in total. The van der Waals surface area contributed by atoms with Crippen LogP contribution in [0, 0.1) is 0 Å². The molecule has 21 heavy (non-hydrogen) atoms. The van der Waals surface area contributed by atoms with Crippen molar-refractivity contribution in [3.8, 4) is 0 Å². The number of nitrogens with two attached hydrogens (primary N) is 1. The van der Waals surface area contributed by atoms with Gasteiger partial charge in [-0.25, -0.2) is 0 Å². The molecule has 0 rings (SSSR count). The lowest BCUT2D eigenvalue weighted by molar-refractivity contribution is -0.130. The molecule has 0 spiro atoms. The van der Waals surface area contributed by atoms with Crippen molar-refractivity contribution in [2.45, 2.75) is 38.6 Å². The van der Waals surface area contributed by atoms with E-state index in [-0.39, 0.29) is 24.2 Å². The first-order chi connectivity index (χ1) is 10.0. The molecule has 0 aromatic carbocycles. The van der Waals surface area contributed by atoms with Gasteiger partial charge in [-0.2, -0.15) is 12.6 Å². The number of primary amides is 1. The number of amides is 3. The van der Waals surface area contributed by atoms with E-state index in [1.807, 2.05) is 6.92 Å². The molecule has 7 nitrogen and oxygen atoms in total. The van der Waals surface area contributed by atoms with E-state index >= 15 is 0 Å². The molecule has 0 aromatic rings. The Morgan fingerprint density at radius 3 is 2.52 bits per heavy atom. The fraction of sp³-hybridized carbons (Fsp3) is 0.769. The first-order valence-corrected chi connectivity index (χ1v) is 7.68. The fourth-order valence-electron chi connectivity index (χ4n) is 1.59. The van der Waals surface area contributed by atoms with Crippen molar-refractivity contribution >= 4 is 30.4 Å². The lowest BCUT2D eigenvalue weighted by atomic mass is 10.1. The van der Waals surface area contributed by atoms with Crippen molar-refractivity contribution in [1.82, 2.24) is 10.6 Å². The topological polar surface area (TPSA) is 111 Å². The van der Waals surface area contributed by atoms with Crippen molar-refractivity contribution in [3.63, 3.8) is 0 Å². The molecule has 0 saturated heterocycles. The summed E-state index contributed by atoms with van der Waals surface area (Å²) in [7, 11) is 0. The molecule has 1 unspecified atom stereocenters. The van der Waals surface area contributed by atoms with Crippen molar-refractivity contribution in [1.29, 1.82) is 0 Å². The summed E-state index contributed by atoms with van der Waals surface area (Å²) in [4.78, 5) is 33.8. The Hall–Kier alpha value is -1.28. The third-order valence-electron chi connectivity index (χ3n) is 2.65. The molecule has 0 radical (unpaired) electrons. The van der Waals surface area contributed by atoms with Crippen LogP contribution in [0.3, 0.4) is 0 Å². The highest BCUT2D eigenvalue weighted by atomic mass is 32.1. The minimum absolute atomic E-state index is 0.0738. The summed E-state index contributed by atoms with van der Waals surface area (Å²) in [6.45, 7) is 2.88. The van der Waals surface area contributed by atoms with Gasteiger partial charge in [0.15, 0.2) is 0 Å². The van der Waals surface area contributed by atoms with Gasteiger partial charge >= 0.3 is 0 Å². The molecule has 0 aromatic heterocycles. The van der Waals surface area contributed by atoms with Crippen LogP contribution in [-0.4, -0.2) is 49.3 Å². The van der Waals surface area contributed by atoms with E-state index in [0.29, 0.717) is 32.4 Å². The Morgan fingerprint density at radius 2 is 1.95 bits per heavy atom. The summed E-state index contributed by atoms with van der Waals surface area (Å²) in [5, 5.41) is 5.22. The second kappa shape index (κ2) is 12.5. The normalized spacial score (nSPS) is 11.7. The van der Waals surface area contributed by atoms with Gasteiger partial charge in [-0.05, 0) is 25.7 Å². The van der Waals surface area contributed by atoms with Gasteiger partial charge in [-0.1, -0.05) is 6.92 Å². The van der Waals surface area contributed by atoms with Crippen LogP contribution in [0.4, 0.5) is 0 Å². The van der Waals surface area contributed by atoms with E-state index in [1.165, 1.54) is 0 Å². The predicted octanol–water partition coefficient (Wildman–Crippen LogP) is -0.401. The predicted molar refractivity (Wildman–Crippen MR) is 82.9 cm³/mol. The zero-order valence-corrected chi connectivity index (χ0v) is 13.3. The zero-order valence-electron chi connectivity index (χ0n) is 12.4. The zero-order chi connectivity index (χ0) is 16.1. The Bertz CT molecular complexity index is 339. The first kappa shape index (κ1) is 19.7. The number of hydrogen-bond acceptors (Lipinski definition) is 5. The molecule has 1 atom stereocenters. The van der Waals surface area contributed by atoms with Gasteiger partial charge in [0.1, 0.15) is 12.6 Å². The standard InChI is InChI=1S/C13H25N3O4S/c1-2-7-20-8-11(17)16-10(13(14)19)5-3-4-6-15-12(18)9-21/h10,21H,2-9H2,1H3,(H2,14,19)(H,15,18)(H,16,17). The molecule has 0 aliphatic rings. The molecule has 122 valence electrons. The number of nitrogens with one attached hydrogen (secondary N) is 2. The number of carbonyl (C=O) groups excluding carboxylic acids is 3. The number of unbranched alkanes of at least 4 members (excludes halogenated alkanes) is 1. The van der Waals surface area contributed by atoms with E-state index in [2.05, 4.69) is 23.3 Å². The second-order valence-electron chi connectivity index (χ2n) is 4.58. The second-order valence-corrected chi connectivity index (χ2v) is 4.90. The Morgan fingerprint density at radius 1 is 1.24 bits per heavy atom. The molecular weight excluding hydrogens is 294 g/mol. The molecule has 0 bridgehead atoms. The van der Waals surface area contributed by atoms with Gasteiger partial charge in [-0.3, -0.25) is 14.4 Å². The van der Waals surface area contributed by atoms with Gasteiger partial charge in [0.25, 0.3) is 0 Å². The van der Waals surface area contributed by atoms with Crippen LogP contribution < -0.4 is 16.4 Å². The minimum Gasteiger partial charge on any atom is -0.372 e. The highest BCUT2D eigenvalue weighted by Gasteiger charge is 2.17. The van der Waals surface area contributed by atoms with Crippen LogP contribution >= 0.6 is 12.6 Å². The van der Waals surface area contributed by atoms with Crippen LogP contribution in [0.25, 0.3) is 0 Å². The molecule has 0 aliphatic heterocycles. The largest absolute Gasteiger partial charge is 0.372 e. The van der Waals surface area contributed by atoms with Gasteiger partial charge in [0, 0.05) is 13.2 Å². The Kier molecular flexibility index (Phi) is 11.7. The van der Waals surface area contributed by atoms with E-state index < -0.39 is 11.9 Å². The van der Waals surface area contributed by atoms with Crippen LogP contribution in [0.15, 0.2) is 0 Å². The van der Waals surface area contributed by atoms with Crippen LogP contribution in [0.1, 0.15) is 32.6 Å². The fourth-order valence-corrected chi connectivity index (χ4v) is 1.70. The van der Waals surface area contributed by atoms with E-state index in [4.69, 9.17) is 10.5 Å². The molecule has 0 fully saturated rings. The molecule has 0 heterocycles. The summed E-state index contributed by atoms with van der Waals surface area (Å²) < 4.78 is 5.09. The Labute approximate surface area is 130 Å². The summed E-state index contributed by atoms with van der Waals surface area (Å²) in [5.74, 6) is -0.905. The van der Waals surface area contributed by atoms with Gasteiger partial charge in [0.2, 0.25) is 17.7 Å². The van der Waals surface area contributed by atoms with E-state index in [1.54, 1.807) is 0 Å². The number of carbonyl (C=O) groups is 3. The third kappa shape index (κ3) is 11.1. The maximum absolute atomic E-state index is 11.5. The quantitative estimate of drug-likeness (QED) is 0.290. The van der Waals surface area contributed by atoms with Gasteiger partial charge in [0.05, 0.1) is 5.75 Å². The van der Waals surface area contributed by atoms with Gasteiger partial charge < -0.3 is 21.1 Å². The summed E-state index contributed by atoms with van der Waals surface area (Å²) in [5.41, 5.74) is 5.25. The van der Waals surface area contributed by atoms with Crippen molar-refractivity contribution in [2.75, 3.05) is 25.5 Å². The highest BCUT2D eigenvalue weighted by molar-refractivity contribution is 7.81. The average molecular weight is 319 g/mol. The third-order valence-corrected chi connectivity index (χ3v) is 2.93. The average Bonchev–Trinajstić information content (AvgIpc) is 2.45. The molecule has 0 aliphatic carbocycles. The minimum atomic E-state index is -0.705. The molecule has 8 heteroatoms. The van der Waals surface area contributed by atoms with Crippen molar-refractivity contribution < 1.29 is 19.1 Å². The van der Waals surface area contributed by atoms with Crippen LogP contribution in [-0.2, 0) is 19.1 Å². The number of rotatable bonds is 12. The smallest absolute Gasteiger partial charge is 0.246 e. The van der Waals surface area contributed by atoms with Crippen molar-refractivity contribution in [2.24, 2.45) is 5.73 Å². The van der Waals surface area contributed by atoms with E-state index in [0.717, 1.165) is 6.42 Å². The lowest BCUT2D eigenvalue weighted by Gasteiger charge is -2.15. The first-order valence-electron chi connectivity index (χ1n) is 7.05. The maximum atomic E-state index is 11.5.